The zero-order valence-corrected chi connectivity index (χ0v) is 17.3. The summed E-state index contributed by atoms with van der Waals surface area (Å²) in [5.41, 5.74) is 4.95. The molecule has 1 aliphatic heterocycles. The van der Waals surface area contributed by atoms with E-state index < -0.39 is 0 Å². The van der Waals surface area contributed by atoms with Crippen LogP contribution in [0, 0.1) is 0 Å². The predicted molar refractivity (Wildman–Crippen MR) is 121 cm³/mol. The molecule has 0 radical (unpaired) electrons. The van der Waals surface area contributed by atoms with Crippen molar-refractivity contribution in [2.75, 3.05) is 29.9 Å². The first kappa shape index (κ1) is 18.9. The number of aryl methyl sites for hydroxylation is 2. The van der Waals surface area contributed by atoms with Crippen molar-refractivity contribution in [1.82, 2.24) is 9.97 Å². The van der Waals surface area contributed by atoms with E-state index in [0.29, 0.717) is 6.61 Å². The van der Waals surface area contributed by atoms with E-state index in [2.05, 4.69) is 46.6 Å². The Balaban J connectivity index is 1.37. The Hall–Kier alpha value is -3.08. The van der Waals surface area contributed by atoms with Gasteiger partial charge in [-0.2, -0.15) is 4.98 Å². The van der Waals surface area contributed by atoms with Crippen molar-refractivity contribution >= 4 is 17.5 Å². The molecule has 1 aliphatic carbocycles. The van der Waals surface area contributed by atoms with E-state index in [1.54, 1.807) is 0 Å². The molecule has 5 rings (SSSR count). The monoisotopic (exact) mass is 400 g/mol. The highest BCUT2D eigenvalue weighted by molar-refractivity contribution is 5.68. The van der Waals surface area contributed by atoms with Crippen LogP contribution in [0.5, 0.6) is 5.75 Å². The van der Waals surface area contributed by atoms with Crippen LogP contribution in [0.4, 0.5) is 17.5 Å². The normalized spacial score (nSPS) is 15.1. The number of benzene rings is 2. The molecule has 154 valence electrons. The van der Waals surface area contributed by atoms with Crippen LogP contribution in [0.3, 0.4) is 0 Å². The lowest BCUT2D eigenvalue weighted by Crippen LogP contribution is -2.31. The molecule has 0 atom stereocenters. The first-order valence-corrected chi connectivity index (χ1v) is 11.1. The summed E-state index contributed by atoms with van der Waals surface area (Å²) in [6.07, 6.45) is 6.68. The van der Waals surface area contributed by atoms with E-state index in [9.17, 15) is 0 Å². The number of para-hydroxylation sites is 2. The lowest BCUT2D eigenvalue weighted by molar-refractivity contribution is 0.313. The van der Waals surface area contributed by atoms with Gasteiger partial charge in [0.05, 0.1) is 17.9 Å². The van der Waals surface area contributed by atoms with Crippen molar-refractivity contribution in [2.45, 2.75) is 38.5 Å². The Kier molecular flexibility index (Phi) is 5.51. The van der Waals surface area contributed by atoms with Crippen molar-refractivity contribution in [1.29, 1.82) is 0 Å². The van der Waals surface area contributed by atoms with Crippen LogP contribution in [-0.4, -0.2) is 29.7 Å². The number of fused-ring (bicyclic) bond motifs is 2. The molecule has 0 saturated carbocycles. The number of hydrogen-bond acceptors (Lipinski definition) is 5. The fourth-order valence-electron chi connectivity index (χ4n) is 4.37. The summed E-state index contributed by atoms with van der Waals surface area (Å²) >= 11 is 0. The summed E-state index contributed by atoms with van der Waals surface area (Å²) < 4.78 is 5.83. The fraction of sp³-hybridized carbons (Fsp3) is 0.360. The molecule has 1 aromatic heterocycles. The van der Waals surface area contributed by atoms with Crippen LogP contribution in [0.15, 0.2) is 54.6 Å². The van der Waals surface area contributed by atoms with Gasteiger partial charge in [-0.05, 0) is 56.2 Å². The smallest absolute Gasteiger partial charge is 0.232 e. The average molecular weight is 401 g/mol. The number of ether oxygens (including phenoxy) is 1. The lowest BCUT2D eigenvalue weighted by Gasteiger charge is -2.31. The molecule has 0 saturated heterocycles. The summed E-state index contributed by atoms with van der Waals surface area (Å²) in [6, 6.07) is 18.8. The SMILES string of the molecule is c1ccc(CCCNc2nc(N3CCOc4ccccc43)nc3c2CCCC3)cc1. The number of aromatic nitrogens is 2. The second-order valence-corrected chi connectivity index (χ2v) is 7.99. The first-order chi connectivity index (χ1) is 14.9. The van der Waals surface area contributed by atoms with E-state index in [4.69, 9.17) is 14.7 Å². The molecule has 5 nitrogen and oxygen atoms in total. The standard InChI is InChI=1S/C25H28N4O/c1-2-9-19(10-3-1)11-8-16-26-24-20-12-4-5-13-21(20)27-25(28-24)29-17-18-30-23-15-7-6-14-22(23)29/h1-3,6-7,9-10,14-15H,4-5,8,11-13,16-18H2,(H,26,27,28). The minimum absolute atomic E-state index is 0.650. The van der Waals surface area contributed by atoms with Gasteiger partial charge in [0, 0.05) is 12.1 Å². The summed E-state index contributed by atoms with van der Waals surface area (Å²) in [7, 11) is 0. The molecule has 0 unspecified atom stereocenters. The van der Waals surface area contributed by atoms with E-state index in [0.717, 1.165) is 62.0 Å². The van der Waals surface area contributed by atoms with Crippen molar-refractivity contribution in [2.24, 2.45) is 0 Å². The van der Waals surface area contributed by atoms with Crippen LogP contribution in [0.1, 0.15) is 36.1 Å². The van der Waals surface area contributed by atoms with Gasteiger partial charge in [0.15, 0.2) is 0 Å². The maximum Gasteiger partial charge on any atom is 0.232 e. The van der Waals surface area contributed by atoms with Crippen molar-refractivity contribution in [3.8, 4) is 5.75 Å². The van der Waals surface area contributed by atoms with Gasteiger partial charge in [-0.25, -0.2) is 4.98 Å². The molecule has 1 N–H and O–H groups in total. The molecule has 2 heterocycles. The third-order valence-corrected chi connectivity index (χ3v) is 5.92. The molecule has 3 aromatic rings. The molecular weight excluding hydrogens is 372 g/mol. The maximum absolute atomic E-state index is 5.83. The Labute approximate surface area is 178 Å². The second kappa shape index (κ2) is 8.74. The average Bonchev–Trinajstić information content (AvgIpc) is 2.82. The van der Waals surface area contributed by atoms with Gasteiger partial charge in [0.25, 0.3) is 0 Å². The second-order valence-electron chi connectivity index (χ2n) is 7.99. The first-order valence-electron chi connectivity index (χ1n) is 11.1. The van der Waals surface area contributed by atoms with E-state index >= 15 is 0 Å². The van der Waals surface area contributed by atoms with E-state index in [1.807, 2.05) is 18.2 Å². The number of anilines is 3. The van der Waals surface area contributed by atoms with E-state index in [1.165, 1.54) is 29.7 Å². The van der Waals surface area contributed by atoms with Crippen molar-refractivity contribution in [3.05, 3.63) is 71.4 Å². The maximum atomic E-state index is 5.83. The minimum atomic E-state index is 0.650. The van der Waals surface area contributed by atoms with Gasteiger partial charge in [0.2, 0.25) is 5.95 Å². The molecule has 2 aromatic carbocycles. The summed E-state index contributed by atoms with van der Waals surface area (Å²) in [5, 5.41) is 3.64. The minimum Gasteiger partial charge on any atom is -0.490 e. The fourth-order valence-corrected chi connectivity index (χ4v) is 4.37. The largest absolute Gasteiger partial charge is 0.490 e. The van der Waals surface area contributed by atoms with Crippen LogP contribution >= 0.6 is 0 Å². The molecule has 2 aliphatic rings. The topological polar surface area (TPSA) is 50.3 Å². The zero-order chi connectivity index (χ0) is 20.2. The van der Waals surface area contributed by atoms with Gasteiger partial charge in [-0.1, -0.05) is 42.5 Å². The van der Waals surface area contributed by atoms with Gasteiger partial charge in [-0.15, -0.1) is 0 Å². The molecule has 0 fully saturated rings. The van der Waals surface area contributed by atoms with E-state index in [-0.39, 0.29) is 0 Å². The molecule has 30 heavy (non-hydrogen) atoms. The molecular formula is C25H28N4O. The van der Waals surface area contributed by atoms with Gasteiger partial charge < -0.3 is 15.0 Å². The van der Waals surface area contributed by atoms with Crippen LogP contribution in [0.2, 0.25) is 0 Å². The quantitative estimate of drug-likeness (QED) is 0.595. The predicted octanol–water partition coefficient (Wildman–Crippen LogP) is 4.93. The lowest BCUT2D eigenvalue weighted by atomic mass is 9.96. The third-order valence-electron chi connectivity index (χ3n) is 5.92. The number of nitrogens with one attached hydrogen (secondary N) is 1. The highest BCUT2D eigenvalue weighted by Crippen LogP contribution is 2.36. The Bertz CT molecular complexity index is 1010. The Morgan fingerprint density at radius 1 is 0.933 bits per heavy atom. The summed E-state index contributed by atoms with van der Waals surface area (Å²) in [4.78, 5) is 12.2. The van der Waals surface area contributed by atoms with Crippen LogP contribution in [0.25, 0.3) is 0 Å². The number of nitrogens with zero attached hydrogens (tertiary/aromatic N) is 3. The zero-order valence-electron chi connectivity index (χ0n) is 17.3. The Morgan fingerprint density at radius 3 is 2.70 bits per heavy atom. The number of hydrogen-bond donors (Lipinski definition) is 1. The summed E-state index contributed by atoms with van der Waals surface area (Å²) in [5.74, 6) is 2.71. The van der Waals surface area contributed by atoms with Crippen LogP contribution in [-0.2, 0) is 19.3 Å². The van der Waals surface area contributed by atoms with Gasteiger partial charge in [-0.3, -0.25) is 0 Å². The van der Waals surface area contributed by atoms with Gasteiger partial charge in [0.1, 0.15) is 18.2 Å². The van der Waals surface area contributed by atoms with Crippen molar-refractivity contribution in [3.63, 3.8) is 0 Å². The van der Waals surface area contributed by atoms with Crippen molar-refractivity contribution < 1.29 is 4.74 Å². The third kappa shape index (κ3) is 3.97. The molecule has 0 bridgehead atoms. The van der Waals surface area contributed by atoms with Gasteiger partial charge >= 0.3 is 0 Å². The molecule has 0 amide bonds. The molecule has 5 heteroatoms. The highest BCUT2D eigenvalue weighted by atomic mass is 16.5. The molecule has 0 spiro atoms. The highest BCUT2D eigenvalue weighted by Gasteiger charge is 2.24. The Morgan fingerprint density at radius 2 is 1.77 bits per heavy atom. The summed E-state index contributed by atoms with van der Waals surface area (Å²) in [6.45, 7) is 2.33. The number of rotatable bonds is 6. The van der Waals surface area contributed by atoms with Crippen LogP contribution < -0.4 is 15.0 Å².